The fourth-order valence-electron chi connectivity index (χ4n) is 3.66. The summed E-state index contributed by atoms with van der Waals surface area (Å²) < 4.78 is 0. The summed E-state index contributed by atoms with van der Waals surface area (Å²) in [4.78, 5) is 0. The highest BCUT2D eigenvalue weighted by atomic mass is 32.1. The zero-order chi connectivity index (χ0) is 20.8. The zero-order valence-corrected chi connectivity index (χ0v) is 19.4. The van der Waals surface area contributed by atoms with Gasteiger partial charge in [-0.05, 0) is 23.6 Å². The van der Waals surface area contributed by atoms with Gasteiger partial charge in [0.05, 0.1) is 0 Å². The highest BCUT2D eigenvalue weighted by molar-refractivity contribution is 7.15. The molecule has 0 amide bonds. The summed E-state index contributed by atoms with van der Waals surface area (Å²) in [6.45, 7) is 4.46. The molecule has 0 N–H and O–H groups in total. The fourth-order valence-corrected chi connectivity index (χ4v) is 5.50. The fraction of sp³-hybridized carbons (Fsp3) is 0.417. The van der Waals surface area contributed by atoms with Crippen LogP contribution in [0.5, 0.6) is 0 Å². The number of unbranched alkanes of at least 4 members (excludes halogenated alkanes) is 4. The van der Waals surface area contributed by atoms with Crippen molar-refractivity contribution in [2.24, 2.45) is 0 Å². The molecule has 0 unspecified atom stereocenters. The molecule has 0 aliphatic heterocycles. The summed E-state index contributed by atoms with van der Waals surface area (Å²) >= 11 is 3.44. The molecule has 4 aromatic rings. The largest absolute Gasteiger partial charge is 0.148 e. The van der Waals surface area contributed by atoms with Crippen molar-refractivity contribution in [3.05, 3.63) is 46.4 Å². The van der Waals surface area contributed by atoms with Crippen LogP contribution in [0.4, 0.5) is 0 Å². The minimum absolute atomic E-state index is 1.00. The Morgan fingerprint density at radius 3 is 1.50 bits per heavy atom. The maximum Gasteiger partial charge on any atom is 0.148 e. The third-order valence-corrected chi connectivity index (χ3v) is 7.34. The third kappa shape index (κ3) is 4.76. The minimum Gasteiger partial charge on any atom is -0.143 e. The predicted molar refractivity (Wildman–Crippen MR) is 128 cm³/mol. The van der Waals surface area contributed by atoms with Crippen molar-refractivity contribution in [1.82, 2.24) is 20.4 Å². The molecule has 4 nitrogen and oxygen atoms in total. The predicted octanol–water partition coefficient (Wildman–Crippen LogP) is 7.34. The van der Waals surface area contributed by atoms with E-state index in [0.29, 0.717) is 0 Å². The summed E-state index contributed by atoms with van der Waals surface area (Å²) in [5, 5.41) is 24.6. The van der Waals surface area contributed by atoms with E-state index >= 15 is 0 Å². The zero-order valence-electron chi connectivity index (χ0n) is 17.7. The summed E-state index contributed by atoms with van der Waals surface area (Å²) in [6, 6.07) is 12.9. The second-order valence-electron chi connectivity index (χ2n) is 7.62. The second-order valence-corrected chi connectivity index (χ2v) is 9.75. The smallest absolute Gasteiger partial charge is 0.143 e. The normalized spacial score (nSPS) is 11.4. The molecule has 2 aromatic heterocycles. The Bertz CT molecular complexity index is 1010. The van der Waals surface area contributed by atoms with Gasteiger partial charge < -0.3 is 0 Å². The second kappa shape index (κ2) is 10.2. The molecule has 0 saturated heterocycles. The molecular weight excluding hydrogens is 408 g/mol. The van der Waals surface area contributed by atoms with E-state index in [0.717, 1.165) is 44.0 Å². The number of hydrogen-bond donors (Lipinski definition) is 0. The van der Waals surface area contributed by atoms with E-state index < -0.39 is 0 Å². The molecule has 30 heavy (non-hydrogen) atoms. The average Bonchev–Trinajstić information content (AvgIpc) is 3.43. The average molecular weight is 437 g/mol. The van der Waals surface area contributed by atoms with Gasteiger partial charge in [-0.15, -0.1) is 20.4 Å². The molecule has 0 radical (unpaired) electrons. The first kappa shape index (κ1) is 21.1. The van der Waals surface area contributed by atoms with Crippen molar-refractivity contribution in [1.29, 1.82) is 0 Å². The van der Waals surface area contributed by atoms with Crippen molar-refractivity contribution in [2.45, 2.75) is 65.2 Å². The first-order chi connectivity index (χ1) is 14.8. The van der Waals surface area contributed by atoms with Gasteiger partial charge in [0, 0.05) is 24.0 Å². The first-order valence-corrected chi connectivity index (χ1v) is 12.6. The topological polar surface area (TPSA) is 51.6 Å². The molecule has 0 saturated carbocycles. The number of rotatable bonds is 10. The third-order valence-electron chi connectivity index (χ3n) is 5.30. The van der Waals surface area contributed by atoms with Gasteiger partial charge in [-0.25, -0.2) is 0 Å². The molecule has 0 aliphatic carbocycles. The van der Waals surface area contributed by atoms with Crippen LogP contribution in [0.2, 0.25) is 0 Å². The Kier molecular flexibility index (Phi) is 7.18. The summed E-state index contributed by atoms with van der Waals surface area (Å²) in [5.74, 6) is 0. The van der Waals surface area contributed by atoms with Gasteiger partial charge in [-0.3, -0.25) is 0 Å². The van der Waals surface area contributed by atoms with E-state index in [1.807, 2.05) is 0 Å². The monoisotopic (exact) mass is 436 g/mol. The Balaban J connectivity index is 1.64. The lowest BCUT2D eigenvalue weighted by molar-refractivity contribution is 0.710. The van der Waals surface area contributed by atoms with E-state index in [-0.39, 0.29) is 0 Å². The van der Waals surface area contributed by atoms with Crippen LogP contribution >= 0.6 is 22.7 Å². The maximum atomic E-state index is 4.51. The Labute approximate surface area is 186 Å². The first-order valence-electron chi connectivity index (χ1n) is 11.0. The van der Waals surface area contributed by atoms with Crippen molar-refractivity contribution >= 4 is 33.4 Å². The van der Waals surface area contributed by atoms with Crippen molar-refractivity contribution in [2.75, 3.05) is 0 Å². The molecule has 156 valence electrons. The van der Waals surface area contributed by atoms with Crippen molar-refractivity contribution in [3.8, 4) is 21.1 Å². The summed E-state index contributed by atoms with van der Waals surface area (Å²) in [6.07, 6.45) is 9.35. The molecule has 0 fully saturated rings. The molecule has 2 aromatic carbocycles. The van der Waals surface area contributed by atoms with Crippen LogP contribution in [-0.4, -0.2) is 20.4 Å². The van der Waals surface area contributed by atoms with Gasteiger partial charge in [-0.2, -0.15) is 0 Å². The van der Waals surface area contributed by atoms with E-state index in [9.17, 15) is 0 Å². The highest BCUT2D eigenvalue weighted by Crippen LogP contribution is 2.37. The van der Waals surface area contributed by atoms with Gasteiger partial charge in [-0.1, -0.05) is 98.6 Å². The van der Waals surface area contributed by atoms with Crippen LogP contribution in [0.3, 0.4) is 0 Å². The maximum absolute atomic E-state index is 4.51. The van der Waals surface area contributed by atoms with E-state index in [4.69, 9.17) is 0 Å². The molecular formula is C24H28N4S2. The molecule has 0 spiro atoms. The molecule has 4 rings (SSSR count). The van der Waals surface area contributed by atoms with Crippen LogP contribution in [0.25, 0.3) is 31.9 Å². The quantitative estimate of drug-likeness (QED) is 0.244. The highest BCUT2D eigenvalue weighted by Gasteiger charge is 2.14. The summed E-state index contributed by atoms with van der Waals surface area (Å²) in [5.41, 5.74) is 2.31. The lowest BCUT2D eigenvalue weighted by Crippen LogP contribution is -1.85. The molecule has 0 aliphatic rings. The van der Waals surface area contributed by atoms with Crippen LogP contribution < -0.4 is 0 Å². The molecule has 0 atom stereocenters. The van der Waals surface area contributed by atoms with Crippen molar-refractivity contribution < 1.29 is 0 Å². The van der Waals surface area contributed by atoms with Gasteiger partial charge >= 0.3 is 0 Å². The number of fused-ring (bicyclic) bond motifs is 1. The number of aromatic nitrogens is 4. The molecule has 0 bridgehead atoms. The number of benzene rings is 2. The number of nitrogens with zero attached hydrogens (tertiary/aromatic N) is 4. The van der Waals surface area contributed by atoms with Crippen LogP contribution in [-0.2, 0) is 12.8 Å². The van der Waals surface area contributed by atoms with Crippen LogP contribution in [0.1, 0.15) is 62.4 Å². The van der Waals surface area contributed by atoms with E-state index in [2.05, 4.69) is 70.6 Å². The number of hydrogen-bond acceptors (Lipinski definition) is 6. The van der Waals surface area contributed by atoms with Crippen molar-refractivity contribution in [3.63, 3.8) is 0 Å². The minimum atomic E-state index is 1.00. The Morgan fingerprint density at radius 2 is 1.07 bits per heavy atom. The van der Waals surface area contributed by atoms with Gasteiger partial charge in [0.25, 0.3) is 0 Å². The Hall–Kier alpha value is -2.18. The van der Waals surface area contributed by atoms with Gasteiger partial charge in [0.15, 0.2) is 0 Å². The van der Waals surface area contributed by atoms with E-state index in [1.165, 1.54) is 49.3 Å². The molecule has 2 heterocycles. The SMILES string of the molecule is CCCCCc1nnc(-c2cccc3c(-c4nnc(CCCCC)s4)cccc23)s1. The lowest BCUT2D eigenvalue weighted by atomic mass is 10.0. The van der Waals surface area contributed by atoms with E-state index in [1.54, 1.807) is 22.7 Å². The lowest BCUT2D eigenvalue weighted by Gasteiger charge is -2.07. The van der Waals surface area contributed by atoms with Gasteiger partial charge in [0.1, 0.15) is 20.0 Å². The van der Waals surface area contributed by atoms with Crippen LogP contribution in [0.15, 0.2) is 36.4 Å². The van der Waals surface area contributed by atoms with Gasteiger partial charge in [0.2, 0.25) is 0 Å². The van der Waals surface area contributed by atoms with Crippen LogP contribution in [0, 0.1) is 0 Å². The Morgan fingerprint density at radius 1 is 0.600 bits per heavy atom. The number of aryl methyl sites for hydroxylation is 2. The molecule has 6 heteroatoms. The standard InChI is InChI=1S/C24H28N4S2/c1-3-5-7-15-21-25-27-23(29-21)19-13-9-12-18-17(19)11-10-14-20(18)24-28-26-22(30-24)16-8-6-4-2/h9-14H,3-8,15-16H2,1-2H3. The summed E-state index contributed by atoms with van der Waals surface area (Å²) in [7, 11) is 0.